The third-order valence-corrected chi connectivity index (χ3v) is 4.28. The lowest BCUT2D eigenvalue weighted by Gasteiger charge is -2.19. The third kappa shape index (κ3) is 5.06. The van der Waals surface area contributed by atoms with Gasteiger partial charge in [-0.3, -0.25) is 9.59 Å². The van der Waals surface area contributed by atoms with Crippen LogP contribution in [0.2, 0.25) is 0 Å². The number of amides is 1. The molecule has 1 saturated heterocycles. The lowest BCUT2D eigenvalue weighted by molar-refractivity contribution is -0.133. The molecule has 2 atom stereocenters. The quantitative estimate of drug-likeness (QED) is 0.802. The highest BCUT2D eigenvalue weighted by atomic mass is 32.2. The summed E-state index contributed by atoms with van der Waals surface area (Å²) in [4.78, 5) is 22.0. The number of thioether (sulfide) groups is 1. The Labute approximate surface area is 128 Å². The van der Waals surface area contributed by atoms with Gasteiger partial charge in [-0.25, -0.2) is 0 Å². The molecule has 21 heavy (non-hydrogen) atoms. The fourth-order valence-corrected chi connectivity index (χ4v) is 2.95. The van der Waals surface area contributed by atoms with E-state index < -0.39 is 5.97 Å². The van der Waals surface area contributed by atoms with Crippen molar-refractivity contribution in [2.75, 3.05) is 24.7 Å². The maximum Gasteiger partial charge on any atom is 0.313 e. The SMILES string of the molecule is O=C(O)CSCC(=O)NC[C@H]1CCO[C@@H]1c1ccccc1. The van der Waals surface area contributed by atoms with E-state index in [2.05, 4.69) is 5.32 Å². The highest BCUT2D eigenvalue weighted by Gasteiger charge is 2.29. The molecule has 0 radical (unpaired) electrons. The molecule has 114 valence electrons. The molecule has 1 amide bonds. The van der Waals surface area contributed by atoms with Crippen LogP contribution in [-0.4, -0.2) is 41.6 Å². The number of nitrogens with one attached hydrogen (secondary N) is 1. The van der Waals surface area contributed by atoms with Crippen LogP contribution in [0, 0.1) is 5.92 Å². The van der Waals surface area contributed by atoms with Gasteiger partial charge in [0.05, 0.1) is 17.6 Å². The van der Waals surface area contributed by atoms with Crippen LogP contribution in [-0.2, 0) is 14.3 Å². The molecule has 2 N–H and O–H groups in total. The number of benzene rings is 1. The monoisotopic (exact) mass is 309 g/mol. The lowest BCUT2D eigenvalue weighted by Crippen LogP contribution is -2.32. The van der Waals surface area contributed by atoms with E-state index in [9.17, 15) is 9.59 Å². The zero-order valence-corrected chi connectivity index (χ0v) is 12.5. The standard InChI is InChI=1S/C15H19NO4S/c17-13(9-21-10-14(18)19)16-8-12-6-7-20-15(12)11-4-2-1-3-5-11/h1-5,12,15H,6-10H2,(H,16,17)(H,18,19)/t12-,15-/m1/s1. The number of ether oxygens (including phenoxy) is 1. The summed E-state index contributed by atoms with van der Waals surface area (Å²) in [5.74, 6) is -0.635. The van der Waals surface area contributed by atoms with Gasteiger partial charge in [-0.2, -0.15) is 0 Å². The first-order chi connectivity index (χ1) is 10.2. The van der Waals surface area contributed by atoms with E-state index >= 15 is 0 Å². The van der Waals surface area contributed by atoms with Crippen LogP contribution in [0.5, 0.6) is 0 Å². The van der Waals surface area contributed by atoms with Gasteiger partial charge in [0.25, 0.3) is 0 Å². The number of hydrogen-bond donors (Lipinski definition) is 2. The van der Waals surface area contributed by atoms with Crippen molar-refractivity contribution in [2.45, 2.75) is 12.5 Å². The van der Waals surface area contributed by atoms with Gasteiger partial charge < -0.3 is 15.2 Å². The van der Waals surface area contributed by atoms with E-state index in [-0.39, 0.29) is 29.4 Å². The van der Waals surface area contributed by atoms with Gasteiger partial charge in [-0.05, 0) is 12.0 Å². The molecule has 1 aromatic carbocycles. The summed E-state index contributed by atoms with van der Waals surface area (Å²) in [6, 6.07) is 10.0. The molecule has 0 aliphatic carbocycles. The minimum Gasteiger partial charge on any atom is -0.481 e. The Morgan fingerprint density at radius 2 is 2.05 bits per heavy atom. The zero-order valence-electron chi connectivity index (χ0n) is 11.7. The average molecular weight is 309 g/mol. The molecule has 1 heterocycles. The molecule has 0 bridgehead atoms. The Balaban J connectivity index is 1.77. The van der Waals surface area contributed by atoms with Crippen LogP contribution < -0.4 is 5.32 Å². The minimum absolute atomic E-state index is 0.0261. The molecule has 0 unspecified atom stereocenters. The summed E-state index contributed by atoms with van der Waals surface area (Å²) in [6.45, 7) is 1.26. The van der Waals surface area contributed by atoms with Crippen molar-refractivity contribution < 1.29 is 19.4 Å². The van der Waals surface area contributed by atoms with E-state index in [1.54, 1.807) is 0 Å². The Bertz CT molecular complexity index is 480. The van der Waals surface area contributed by atoms with E-state index in [4.69, 9.17) is 9.84 Å². The molecule has 6 heteroatoms. The molecule has 1 aliphatic heterocycles. The molecule has 0 aromatic heterocycles. The van der Waals surface area contributed by atoms with Crippen molar-refractivity contribution in [1.29, 1.82) is 0 Å². The minimum atomic E-state index is -0.902. The number of carbonyl (C=O) groups is 2. The third-order valence-electron chi connectivity index (χ3n) is 3.36. The Kier molecular flexibility index (Phi) is 6.07. The summed E-state index contributed by atoms with van der Waals surface area (Å²) < 4.78 is 5.76. The highest BCUT2D eigenvalue weighted by molar-refractivity contribution is 8.00. The number of rotatable bonds is 7. The zero-order chi connectivity index (χ0) is 15.1. The molecule has 0 saturated carbocycles. The smallest absolute Gasteiger partial charge is 0.313 e. The van der Waals surface area contributed by atoms with Gasteiger partial charge in [0.2, 0.25) is 5.91 Å². The van der Waals surface area contributed by atoms with Gasteiger partial charge in [0.1, 0.15) is 0 Å². The van der Waals surface area contributed by atoms with Crippen LogP contribution in [0.15, 0.2) is 30.3 Å². The lowest BCUT2D eigenvalue weighted by atomic mass is 9.95. The molecule has 1 aromatic rings. The van der Waals surface area contributed by atoms with Gasteiger partial charge >= 0.3 is 5.97 Å². The first-order valence-corrected chi connectivity index (χ1v) is 8.05. The van der Waals surface area contributed by atoms with Crippen LogP contribution >= 0.6 is 11.8 Å². The number of hydrogen-bond acceptors (Lipinski definition) is 4. The second-order valence-corrected chi connectivity index (χ2v) is 5.93. The predicted octanol–water partition coefficient (Wildman–Crippen LogP) is 1.70. The molecule has 1 fully saturated rings. The molecular formula is C15H19NO4S. The van der Waals surface area contributed by atoms with Crippen LogP contribution in [0.25, 0.3) is 0 Å². The molecule has 0 spiro atoms. The number of carboxylic acid groups (broad SMARTS) is 1. The number of carboxylic acids is 1. The van der Waals surface area contributed by atoms with E-state index in [0.29, 0.717) is 13.2 Å². The molecule has 5 nitrogen and oxygen atoms in total. The van der Waals surface area contributed by atoms with Crippen molar-refractivity contribution in [3.05, 3.63) is 35.9 Å². The largest absolute Gasteiger partial charge is 0.481 e. The number of carbonyl (C=O) groups excluding carboxylic acids is 1. The fourth-order valence-electron chi connectivity index (χ4n) is 2.38. The van der Waals surface area contributed by atoms with Gasteiger partial charge in [0, 0.05) is 19.1 Å². The second-order valence-electron chi connectivity index (χ2n) is 4.94. The second kappa shape index (κ2) is 8.05. The summed E-state index contributed by atoms with van der Waals surface area (Å²) in [5, 5.41) is 11.4. The average Bonchev–Trinajstić information content (AvgIpc) is 2.94. The maximum absolute atomic E-state index is 11.7. The molecule has 2 rings (SSSR count). The van der Waals surface area contributed by atoms with Gasteiger partial charge in [-0.15, -0.1) is 11.8 Å². The predicted molar refractivity (Wildman–Crippen MR) is 81.2 cm³/mol. The summed E-state index contributed by atoms with van der Waals surface area (Å²) in [5.41, 5.74) is 1.13. The Morgan fingerprint density at radius 1 is 1.29 bits per heavy atom. The number of aliphatic carboxylic acids is 1. The van der Waals surface area contributed by atoms with Crippen LogP contribution in [0.3, 0.4) is 0 Å². The Hall–Kier alpha value is -1.53. The van der Waals surface area contributed by atoms with E-state index in [0.717, 1.165) is 23.7 Å². The van der Waals surface area contributed by atoms with Crippen molar-refractivity contribution in [3.63, 3.8) is 0 Å². The van der Waals surface area contributed by atoms with Crippen LogP contribution in [0.1, 0.15) is 18.1 Å². The molecular weight excluding hydrogens is 290 g/mol. The first-order valence-electron chi connectivity index (χ1n) is 6.89. The fraction of sp³-hybridized carbons (Fsp3) is 0.467. The van der Waals surface area contributed by atoms with Crippen LogP contribution in [0.4, 0.5) is 0 Å². The van der Waals surface area contributed by atoms with Crippen molar-refractivity contribution in [2.24, 2.45) is 5.92 Å². The maximum atomic E-state index is 11.7. The van der Waals surface area contributed by atoms with Crippen molar-refractivity contribution >= 4 is 23.6 Å². The normalized spacial score (nSPS) is 21.1. The first kappa shape index (κ1) is 15.9. The van der Waals surface area contributed by atoms with Gasteiger partial charge in [-0.1, -0.05) is 30.3 Å². The molecule has 1 aliphatic rings. The van der Waals surface area contributed by atoms with Crippen molar-refractivity contribution in [1.82, 2.24) is 5.32 Å². The summed E-state index contributed by atoms with van der Waals surface area (Å²) in [7, 11) is 0. The Morgan fingerprint density at radius 3 is 2.76 bits per heavy atom. The van der Waals surface area contributed by atoms with E-state index in [1.165, 1.54) is 0 Å². The summed E-state index contributed by atoms with van der Waals surface area (Å²) >= 11 is 1.11. The highest BCUT2D eigenvalue weighted by Crippen LogP contribution is 2.33. The summed E-state index contributed by atoms with van der Waals surface area (Å²) in [6.07, 6.45) is 0.945. The van der Waals surface area contributed by atoms with Gasteiger partial charge in [0.15, 0.2) is 0 Å². The topological polar surface area (TPSA) is 75.6 Å². The van der Waals surface area contributed by atoms with Crippen molar-refractivity contribution in [3.8, 4) is 0 Å². The van der Waals surface area contributed by atoms with E-state index in [1.807, 2.05) is 30.3 Å².